The molecule has 4 aromatic rings. The van der Waals surface area contributed by atoms with Crippen LogP contribution in [0.3, 0.4) is 0 Å². The van der Waals surface area contributed by atoms with Gasteiger partial charge in [0.05, 0.1) is 27.8 Å². The summed E-state index contributed by atoms with van der Waals surface area (Å²) in [5, 5.41) is 1.29. The smallest absolute Gasteiger partial charge is 0.283 e. The number of aromatic nitrogens is 1. The highest BCUT2D eigenvalue weighted by molar-refractivity contribution is 6.57. The predicted octanol–water partition coefficient (Wildman–Crippen LogP) is 3.76. The molecular weight excluding hydrogens is 340 g/mol. The number of anilines is 1. The summed E-state index contributed by atoms with van der Waals surface area (Å²) in [6.45, 7) is 0. The maximum atomic E-state index is 13.5. The Balaban J connectivity index is 1.82. The van der Waals surface area contributed by atoms with Gasteiger partial charge in [-0.1, -0.05) is 48.5 Å². The fourth-order valence-corrected chi connectivity index (χ4v) is 3.57. The fourth-order valence-electron chi connectivity index (χ4n) is 3.57. The number of ketones is 1. The second kappa shape index (κ2) is 5.57. The summed E-state index contributed by atoms with van der Waals surface area (Å²) >= 11 is 0. The SMILES string of the molecule is O=C1C(=O)N(C(=O)c2c3ccccc3nc3ccccc23)c2ccccc21. The maximum absolute atomic E-state index is 13.5. The number of carbonyl (C=O) groups excluding carboxylic acids is 3. The minimum atomic E-state index is -0.828. The topological polar surface area (TPSA) is 67.3 Å². The van der Waals surface area contributed by atoms with E-state index in [0.717, 1.165) is 4.90 Å². The molecule has 0 spiro atoms. The van der Waals surface area contributed by atoms with Gasteiger partial charge < -0.3 is 0 Å². The zero-order valence-electron chi connectivity index (χ0n) is 14.0. The molecule has 1 aromatic heterocycles. The minimum absolute atomic E-state index is 0.249. The van der Waals surface area contributed by atoms with Crippen LogP contribution in [0.5, 0.6) is 0 Å². The van der Waals surface area contributed by atoms with Crippen LogP contribution in [0.4, 0.5) is 5.69 Å². The van der Waals surface area contributed by atoms with Gasteiger partial charge in [-0.25, -0.2) is 9.88 Å². The molecule has 5 rings (SSSR count). The summed E-state index contributed by atoms with van der Waals surface area (Å²) in [7, 11) is 0. The maximum Gasteiger partial charge on any atom is 0.306 e. The molecule has 27 heavy (non-hydrogen) atoms. The number of pyridine rings is 1. The Hall–Kier alpha value is -3.86. The van der Waals surface area contributed by atoms with Crippen LogP contribution in [-0.2, 0) is 4.79 Å². The molecule has 0 saturated carbocycles. The molecule has 2 amide bonds. The number of hydrogen-bond donors (Lipinski definition) is 0. The molecule has 5 nitrogen and oxygen atoms in total. The molecule has 2 heterocycles. The molecule has 0 radical (unpaired) electrons. The molecule has 0 aliphatic carbocycles. The molecule has 0 atom stereocenters. The first-order chi connectivity index (χ1) is 13.2. The lowest BCUT2D eigenvalue weighted by Crippen LogP contribution is -2.36. The number of imide groups is 1. The third-order valence-electron chi connectivity index (χ3n) is 4.79. The van der Waals surface area contributed by atoms with Gasteiger partial charge >= 0.3 is 5.91 Å². The largest absolute Gasteiger partial charge is 0.306 e. The van der Waals surface area contributed by atoms with Gasteiger partial charge in [0.1, 0.15) is 0 Å². The summed E-state index contributed by atoms with van der Waals surface area (Å²) in [6.07, 6.45) is 0. The number of Topliss-reactive ketones (excluding diaryl/α,β-unsaturated/α-hetero) is 1. The molecule has 0 fully saturated rings. The van der Waals surface area contributed by atoms with Crippen molar-refractivity contribution < 1.29 is 14.4 Å². The number of amides is 2. The summed E-state index contributed by atoms with van der Waals surface area (Å²) in [4.78, 5) is 44.0. The van der Waals surface area contributed by atoms with Gasteiger partial charge in [0, 0.05) is 10.8 Å². The Kier molecular flexibility index (Phi) is 3.18. The van der Waals surface area contributed by atoms with E-state index in [9.17, 15) is 14.4 Å². The van der Waals surface area contributed by atoms with Crippen LogP contribution in [0.1, 0.15) is 20.7 Å². The second-order valence-electron chi connectivity index (χ2n) is 6.31. The molecule has 128 valence electrons. The van der Waals surface area contributed by atoms with Gasteiger partial charge in [-0.2, -0.15) is 0 Å². The van der Waals surface area contributed by atoms with Crippen LogP contribution in [-0.4, -0.2) is 22.6 Å². The molecule has 0 bridgehead atoms. The van der Waals surface area contributed by atoms with Crippen molar-refractivity contribution in [2.75, 3.05) is 4.90 Å². The first-order valence-corrected chi connectivity index (χ1v) is 8.46. The zero-order chi connectivity index (χ0) is 18.5. The van der Waals surface area contributed by atoms with Gasteiger partial charge in [-0.15, -0.1) is 0 Å². The third kappa shape index (κ3) is 2.12. The standard InChI is InChI=1S/C22H12N2O3/c25-20-15-9-3-6-12-18(15)24(22(20)27)21(26)19-13-7-1-4-10-16(13)23-17-11-5-2-8-14(17)19/h1-12H. The van der Waals surface area contributed by atoms with Gasteiger partial charge in [0.2, 0.25) is 0 Å². The lowest BCUT2D eigenvalue weighted by atomic mass is 10.0. The highest BCUT2D eigenvalue weighted by atomic mass is 16.2. The van der Waals surface area contributed by atoms with E-state index >= 15 is 0 Å². The Morgan fingerprint density at radius 1 is 0.741 bits per heavy atom. The lowest BCUT2D eigenvalue weighted by molar-refractivity contribution is -0.113. The van der Waals surface area contributed by atoms with E-state index in [0.29, 0.717) is 33.1 Å². The van der Waals surface area contributed by atoms with Crippen molar-refractivity contribution in [3.8, 4) is 0 Å². The number of hydrogen-bond acceptors (Lipinski definition) is 4. The lowest BCUT2D eigenvalue weighted by Gasteiger charge is -2.17. The van der Waals surface area contributed by atoms with Gasteiger partial charge in [-0.05, 0) is 24.3 Å². The number of nitrogens with zero attached hydrogens (tertiary/aromatic N) is 2. The Labute approximate surface area is 153 Å². The van der Waals surface area contributed by atoms with Crippen molar-refractivity contribution in [2.45, 2.75) is 0 Å². The van der Waals surface area contributed by atoms with Crippen LogP contribution in [0.25, 0.3) is 21.8 Å². The first kappa shape index (κ1) is 15.4. The highest BCUT2D eigenvalue weighted by Gasteiger charge is 2.40. The van der Waals surface area contributed by atoms with E-state index in [1.54, 1.807) is 36.4 Å². The van der Waals surface area contributed by atoms with Crippen molar-refractivity contribution in [1.29, 1.82) is 0 Å². The van der Waals surface area contributed by atoms with E-state index in [1.165, 1.54) is 0 Å². The molecule has 5 heteroatoms. The molecular formula is C22H12N2O3. The van der Waals surface area contributed by atoms with Crippen LogP contribution < -0.4 is 4.90 Å². The molecule has 1 aliphatic heterocycles. The molecule has 0 N–H and O–H groups in total. The quantitative estimate of drug-likeness (QED) is 0.297. The molecule has 1 aliphatic rings. The van der Waals surface area contributed by atoms with Gasteiger partial charge in [0.15, 0.2) is 0 Å². The van der Waals surface area contributed by atoms with Crippen LogP contribution in [0.15, 0.2) is 72.8 Å². The van der Waals surface area contributed by atoms with Crippen molar-refractivity contribution in [3.63, 3.8) is 0 Å². The summed E-state index contributed by atoms with van der Waals surface area (Å²) < 4.78 is 0. The Bertz CT molecular complexity index is 1240. The van der Waals surface area contributed by atoms with Gasteiger partial charge in [-0.3, -0.25) is 14.4 Å². The van der Waals surface area contributed by atoms with E-state index < -0.39 is 17.6 Å². The number of carbonyl (C=O) groups is 3. The Morgan fingerprint density at radius 3 is 1.96 bits per heavy atom. The molecule has 0 saturated heterocycles. The highest BCUT2D eigenvalue weighted by Crippen LogP contribution is 2.33. The average molecular weight is 352 g/mol. The third-order valence-corrected chi connectivity index (χ3v) is 4.79. The van der Waals surface area contributed by atoms with Crippen LogP contribution in [0, 0.1) is 0 Å². The van der Waals surface area contributed by atoms with Crippen molar-refractivity contribution in [1.82, 2.24) is 4.98 Å². The van der Waals surface area contributed by atoms with Crippen molar-refractivity contribution in [3.05, 3.63) is 83.9 Å². The first-order valence-electron chi connectivity index (χ1n) is 8.46. The molecule has 0 unspecified atom stereocenters. The van der Waals surface area contributed by atoms with Crippen LogP contribution >= 0.6 is 0 Å². The minimum Gasteiger partial charge on any atom is -0.283 e. The summed E-state index contributed by atoms with van der Waals surface area (Å²) in [5.41, 5.74) is 2.26. The van der Waals surface area contributed by atoms with Gasteiger partial charge in [0.25, 0.3) is 11.7 Å². The monoisotopic (exact) mass is 352 g/mol. The van der Waals surface area contributed by atoms with Crippen molar-refractivity contribution in [2.24, 2.45) is 0 Å². The molecule has 3 aromatic carbocycles. The number of benzene rings is 3. The average Bonchev–Trinajstić information content (AvgIpc) is 2.96. The number of rotatable bonds is 1. The Morgan fingerprint density at radius 2 is 1.30 bits per heavy atom. The number of para-hydroxylation sites is 3. The zero-order valence-corrected chi connectivity index (χ0v) is 14.0. The van der Waals surface area contributed by atoms with E-state index in [1.807, 2.05) is 36.4 Å². The summed E-state index contributed by atoms with van der Waals surface area (Å²) in [6, 6.07) is 21.1. The second-order valence-corrected chi connectivity index (χ2v) is 6.31. The fraction of sp³-hybridized carbons (Fsp3) is 0. The van der Waals surface area contributed by atoms with E-state index in [-0.39, 0.29) is 5.56 Å². The summed E-state index contributed by atoms with van der Waals surface area (Å²) in [5.74, 6) is -2.01. The van der Waals surface area contributed by atoms with E-state index in [4.69, 9.17) is 0 Å². The van der Waals surface area contributed by atoms with Crippen molar-refractivity contribution >= 4 is 45.1 Å². The number of fused-ring (bicyclic) bond motifs is 3. The predicted molar refractivity (Wildman–Crippen MR) is 102 cm³/mol. The van der Waals surface area contributed by atoms with Crippen LogP contribution in [0.2, 0.25) is 0 Å². The van der Waals surface area contributed by atoms with E-state index in [2.05, 4.69) is 4.98 Å². The normalized spacial score (nSPS) is 13.4.